The maximum atomic E-state index is 11.1. The van der Waals surface area contributed by atoms with E-state index in [0.717, 1.165) is 6.08 Å². The summed E-state index contributed by atoms with van der Waals surface area (Å²) in [6.45, 7) is 3.32. The summed E-state index contributed by atoms with van der Waals surface area (Å²) in [5.74, 6) is -0.266. The van der Waals surface area contributed by atoms with Gasteiger partial charge >= 0.3 is 0 Å². The number of hydrogen-bond acceptors (Lipinski definition) is 3. The first-order valence-electron chi connectivity index (χ1n) is 3.40. The molecule has 0 aliphatic heterocycles. The van der Waals surface area contributed by atoms with Crippen LogP contribution < -0.4 is 5.73 Å². The number of carbonyl (C=O) groups is 1. The van der Waals surface area contributed by atoms with E-state index in [9.17, 15) is 4.79 Å². The van der Waals surface area contributed by atoms with E-state index in [2.05, 4.69) is 6.58 Å². The quantitative estimate of drug-likeness (QED) is 0.299. The monoisotopic (exact) mass is 163 g/mol. The third-order valence-corrected chi connectivity index (χ3v) is 1.49. The molecule has 0 atom stereocenters. The summed E-state index contributed by atoms with van der Waals surface area (Å²) >= 11 is 0. The van der Waals surface area contributed by atoms with Gasteiger partial charge in [0.1, 0.15) is 5.75 Å². The Morgan fingerprint density at radius 2 is 2.25 bits per heavy atom. The van der Waals surface area contributed by atoms with Crippen molar-refractivity contribution in [3.8, 4) is 5.75 Å². The molecule has 0 fully saturated rings. The Hall–Kier alpha value is -1.77. The molecule has 0 amide bonds. The molecule has 3 nitrogen and oxygen atoms in total. The molecule has 1 aromatic carbocycles. The zero-order valence-corrected chi connectivity index (χ0v) is 6.45. The second-order valence-corrected chi connectivity index (χ2v) is 2.34. The Bertz CT molecular complexity index is 331. The molecule has 1 aromatic rings. The van der Waals surface area contributed by atoms with Crippen LogP contribution in [0.2, 0.25) is 0 Å². The molecular weight excluding hydrogens is 154 g/mol. The number of nitrogens with two attached hydrogens (primary N) is 1. The lowest BCUT2D eigenvalue weighted by Gasteiger charge is -2.01. The van der Waals surface area contributed by atoms with Crippen molar-refractivity contribution in [1.29, 1.82) is 0 Å². The maximum Gasteiger partial charge on any atom is 0.187 e. The summed E-state index contributed by atoms with van der Waals surface area (Å²) in [6.07, 6.45) is 1.16. The van der Waals surface area contributed by atoms with Crippen molar-refractivity contribution < 1.29 is 9.90 Å². The number of carbonyl (C=O) groups excluding carboxylic acids is 1. The largest absolute Gasteiger partial charge is 0.508 e. The number of ketones is 1. The molecule has 0 heterocycles. The Morgan fingerprint density at radius 3 is 2.83 bits per heavy atom. The lowest BCUT2D eigenvalue weighted by Crippen LogP contribution is -1.99. The fourth-order valence-electron chi connectivity index (χ4n) is 0.868. The lowest BCUT2D eigenvalue weighted by atomic mass is 10.1. The molecule has 0 spiro atoms. The van der Waals surface area contributed by atoms with Crippen LogP contribution in [0.4, 0.5) is 5.69 Å². The molecule has 0 aliphatic rings. The topological polar surface area (TPSA) is 63.3 Å². The highest BCUT2D eigenvalue weighted by Gasteiger charge is 2.05. The summed E-state index contributed by atoms with van der Waals surface area (Å²) in [5, 5.41) is 9.04. The van der Waals surface area contributed by atoms with Crippen LogP contribution in [0.25, 0.3) is 0 Å². The molecule has 0 aromatic heterocycles. The van der Waals surface area contributed by atoms with E-state index in [4.69, 9.17) is 10.8 Å². The Labute approximate surface area is 70.1 Å². The summed E-state index contributed by atoms with van der Waals surface area (Å²) in [5.41, 5.74) is 6.11. The van der Waals surface area contributed by atoms with Crippen LogP contribution in [0.1, 0.15) is 10.4 Å². The van der Waals surface area contributed by atoms with E-state index in [1.807, 2.05) is 0 Å². The SMILES string of the molecule is C=CC(=O)c1cc(O)ccc1N. The van der Waals surface area contributed by atoms with Crippen molar-refractivity contribution in [3.05, 3.63) is 36.4 Å². The van der Waals surface area contributed by atoms with Gasteiger partial charge in [-0.25, -0.2) is 0 Å². The number of phenolic OH excluding ortho intramolecular Hbond substituents is 1. The van der Waals surface area contributed by atoms with Crippen molar-refractivity contribution in [2.45, 2.75) is 0 Å². The second kappa shape index (κ2) is 3.09. The van der Waals surface area contributed by atoms with Gasteiger partial charge in [0.25, 0.3) is 0 Å². The molecule has 0 saturated heterocycles. The van der Waals surface area contributed by atoms with Crippen LogP contribution in [0.15, 0.2) is 30.9 Å². The Kier molecular flexibility index (Phi) is 2.14. The highest BCUT2D eigenvalue weighted by atomic mass is 16.3. The average Bonchev–Trinajstić information content (AvgIpc) is 2.08. The van der Waals surface area contributed by atoms with E-state index in [1.165, 1.54) is 18.2 Å². The number of hydrogen-bond donors (Lipinski definition) is 2. The highest BCUT2D eigenvalue weighted by molar-refractivity contribution is 6.08. The van der Waals surface area contributed by atoms with Crippen LogP contribution in [0.5, 0.6) is 5.75 Å². The summed E-state index contributed by atoms with van der Waals surface area (Å²) in [7, 11) is 0. The van der Waals surface area contributed by atoms with Gasteiger partial charge in [-0.3, -0.25) is 4.79 Å². The third-order valence-electron chi connectivity index (χ3n) is 1.49. The standard InChI is InChI=1S/C9H9NO2/c1-2-9(12)7-5-6(11)3-4-8(7)10/h2-5,11H,1,10H2. The van der Waals surface area contributed by atoms with Gasteiger partial charge in [0.2, 0.25) is 0 Å². The van der Waals surface area contributed by atoms with Crippen molar-refractivity contribution >= 4 is 11.5 Å². The van der Waals surface area contributed by atoms with Crippen LogP contribution in [0.3, 0.4) is 0 Å². The first-order chi connectivity index (χ1) is 5.65. The molecule has 62 valence electrons. The van der Waals surface area contributed by atoms with Gasteiger partial charge in [-0.05, 0) is 24.3 Å². The van der Waals surface area contributed by atoms with Crippen molar-refractivity contribution in [1.82, 2.24) is 0 Å². The molecule has 3 heteroatoms. The normalized spacial score (nSPS) is 9.33. The van der Waals surface area contributed by atoms with E-state index >= 15 is 0 Å². The predicted octanol–water partition coefficient (Wildman–Crippen LogP) is 1.34. The Balaban J connectivity index is 3.22. The highest BCUT2D eigenvalue weighted by Crippen LogP contribution is 2.18. The van der Waals surface area contributed by atoms with Crippen LogP contribution >= 0.6 is 0 Å². The maximum absolute atomic E-state index is 11.1. The number of allylic oxidation sites excluding steroid dienone is 1. The first kappa shape index (κ1) is 8.33. The predicted molar refractivity (Wildman–Crippen MR) is 47.0 cm³/mol. The van der Waals surface area contributed by atoms with E-state index in [1.54, 1.807) is 0 Å². The van der Waals surface area contributed by atoms with Gasteiger partial charge in [-0.2, -0.15) is 0 Å². The fraction of sp³-hybridized carbons (Fsp3) is 0. The minimum absolute atomic E-state index is 0.0226. The molecular formula is C9H9NO2. The van der Waals surface area contributed by atoms with Gasteiger partial charge in [0, 0.05) is 11.3 Å². The molecule has 0 aliphatic carbocycles. The lowest BCUT2D eigenvalue weighted by molar-refractivity contribution is 0.104. The zero-order chi connectivity index (χ0) is 9.14. The number of benzene rings is 1. The van der Waals surface area contributed by atoms with Crippen LogP contribution in [-0.2, 0) is 0 Å². The minimum atomic E-state index is -0.289. The number of phenols is 1. The van der Waals surface area contributed by atoms with Crippen molar-refractivity contribution in [2.75, 3.05) is 5.73 Å². The average molecular weight is 163 g/mol. The molecule has 3 N–H and O–H groups in total. The third kappa shape index (κ3) is 1.45. The van der Waals surface area contributed by atoms with E-state index in [0.29, 0.717) is 5.69 Å². The first-order valence-corrected chi connectivity index (χ1v) is 3.40. The van der Waals surface area contributed by atoms with Crippen molar-refractivity contribution in [3.63, 3.8) is 0 Å². The molecule has 0 bridgehead atoms. The van der Waals surface area contributed by atoms with Crippen LogP contribution in [-0.4, -0.2) is 10.9 Å². The van der Waals surface area contributed by atoms with Gasteiger partial charge < -0.3 is 10.8 Å². The van der Waals surface area contributed by atoms with Gasteiger partial charge in [0.15, 0.2) is 5.78 Å². The van der Waals surface area contributed by atoms with Gasteiger partial charge in [0.05, 0.1) is 0 Å². The second-order valence-electron chi connectivity index (χ2n) is 2.34. The summed E-state index contributed by atoms with van der Waals surface area (Å²) in [6, 6.07) is 4.22. The summed E-state index contributed by atoms with van der Waals surface area (Å²) in [4.78, 5) is 11.1. The van der Waals surface area contributed by atoms with Gasteiger partial charge in [-0.1, -0.05) is 6.58 Å². The zero-order valence-electron chi connectivity index (χ0n) is 6.45. The smallest absolute Gasteiger partial charge is 0.187 e. The van der Waals surface area contributed by atoms with Crippen molar-refractivity contribution in [2.24, 2.45) is 0 Å². The Morgan fingerprint density at radius 1 is 1.58 bits per heavy atom. The number of anilines is 1. The summed E-state index contributed by atoms with van der Waals surface area (Å²) < 4.78 is 0. The molecule has 0 unspecified atom stereocenters. The van der Waals surface area contributed by atoms with Gasteiger partial charge in [-0.15, -0.1) is 0 Å². The number of rotatable bonds is 2. The molecule has 1 rings (SSSR count). The van der Waals surface area contributed by atoms with E-state index < -0.39 is 0 Å². The van der Waals surface area contributed by atoms with E-state index in [-0.39, 0.29) is 17.1 Å². The van der Waals surface area contributed by atoms with Crippen LogP contribution in [0, 0.1) is 0 Å². The number of aromatic hydroxyl groups is 1. The molecule has 0 saturated carbocycles. The minimum Gasteiger partial charge on any atom is -0.508 e. The number of nitrogen functional groups attached to an aromatic ring is 1. The molecule has 12 heavy (non-hydrogen) atoms. The fourth-order valence-corrected chi connectivity index (χ4v) is 0.868. The molecule has 0 radical (unpaired) electrons.